The predicted molar refractivity (Wildman–Crippen MR) is 81.2 cm³/mol. The van der Waals surface area contributed by atoms with Gasteiger partial charge in [0.1, 0.15) is 13.1 Å². The smallest absolute Gasteiger partial charge is 0.324 e. The third-order valence-corrected chi connectivity index (χ3v) is 3.95. The summed E-state index contributed by atoms with van der Waals surface area (Å²) < 4.78 is 0. The minimum absolute atomic E-state index is 0.0222. The first-order valence-electron chi connectivity index (χ1n) is 6.60. The Morgan fingerprint density at radius 1 is 1.33 bits per heavy atom. The Kier molecular flexibility index (Phi) is 4.85. The van der Waals surface area contributed by atoms with Crippen molar-refractivity contribution in [1.82, 2.24) is 9.80 Å². The van der Waals surface area contributed by atoms with Crippen LogP contribution in [0.5, 0.6) is 0 Å². The van der Waals surface area contributed by atoms with Gasteiger partial charge < -0.3 is 10.2 Å². The summed E-state index contributed by atoms with van der Waals surface area (Å²) in [5.74, 6) is 0.158. The molecule has 1 fully saturated rings. The molecule has 0 radical (unpaired) electrons. The number of anilines is 1. The topological polar surface area (TPSA) is 69.7 Å². The van der Waals surface area contributed by atoms with Crippen LogP contribution in [0.2, 0.25) is 0 Å². The Morgan fingerprint density at radius 2 is 2.05 bits per heavy atom. The first kappa shape index (κ1) is 15.4. The highest BCUT2D eigenvalue weighted by Gasteiger charge is 2.34. The van der Waals surface area contributed by atoms with Gasteiger partial charge in [-0.2, -0.15) is 0 Å². The standard InChI is InChI=1S/C14H17N3O3S/c1-3-21-11-7-5-4-6-10(11)15-12(18)8-17-13(19)9-16(2)14(17)20/h4-7H,3,8-9H2,1-2H3,(H,15,18). The Labute approximate surface area is 127 Å². The van der Waals surface area contributed by atoms with Crippen LogP contribution in [0.1, 0.15) is 6.92 Å². The number of hydrogen-bond acceptors (Lipinski definition) is 4. The molecule has 0 spiro atoms. The number of rotatable bonds is 5. The van der Waals surface area contributed by atoms with E-state index in [0.29, 0.717) is 5.69 Å². The van der Waals surface area contributed by atoms with Gasteiger partial charge in [-0.3, -0.25) is 14.5 Å². The molecule has 1 aromatic rings. The Bertz CT molecular complexity index is 576. The summed E-state index contributed by atoms with van der Waals surface area (Å²) in [6.45, 7) is 1.79. The summed E-state index contributed by atoms with van der Waals surface area (Å²) in [4.78, 5) is 38.6. The SMILES string of the molecule is CCSc1ccccc1NC(=O)CN1C(=O)CN(C)C1=O. The van der Waals surface area contributed by atoms with Crippen molar-refractivity contribution in [3.63, 3.8) is 0 Å². The van der Waals surface area contributed by atoms with E-state index in [0.717, 1.165) is 15.5 Å². The number of likely N-dealkylation sites (N-methyl/N-ethyl adjacent to an activating group) is 1. The molecular formula is C14H17N3O3S. The van der Waals surface area contributed by atoms with Gasteiger partial charge in [-0.1, -0.05) is 19.1 Å². The van der Waals surface area contributed by atoms with Gasteiger partial charge in [0.2, 0.25) is 5.91 Å². The Balaban J connectivity index is 2.02. The van der Waals surface area contributed by atoms with Gasteiger partial charge in [-0.05, 0) is 17.9 Å². The summed E-state index contributed by atoms with van der Waals surface area (Å²) in [6.07, 6.45) is 0. The van der Waals surface area contributed by atoms with Crippen molar-refractivity contribution in [3.05, 3.63) is 24.3 Å². The normalized spacial score (nSPS) is 14.8. The molecule has 0 aliphatic carbocycles. The zero-order valence-corrected chi connectivity index (χ0v) is 12.8. The average molecular weight is 307 g/mol. The van der Waals surface area contributed by atoms with Crippen LogP contribution in [0.3, 0.4) is 0 Å². The van der Waals surface area contributed by atoms with Gasteiger partial charge in [0.25, 0.3) is 5.91 Å². The monoisotopic (exact) mass is 307 g/mol. The number of urea groups is 1. The van der Waals surface area contributed by atoms with E-state index in [9.17, 15) is 14.4 Å². The molecule has 2 rings (SSSR count). The van der Waals surface area contributed by atoms with Crippen molar-refractivity contribution in [2.45, 2.75) is 11.8 Å². The first-order valence-corrected chi connectivity index (χ1v) is 7.58. The molecule has 7 heteroatoms. The van der Waals surface area contributed by atoms with Crippen molar-refractivity contribution in [3.8, 4) is 0 Å². The lowest BCUT2D eigenvalue weighted by Gasteiger charge is -2.15. The summed E-state index contributed by atoms with van der Waals surface area (Å²) >= 11 is 1.62. The molecule has 112 valence electrons. The summed E-state index contributed by atoms with van der Waals surface area (Å²) in [5, 5.41) is 2.75. The summed E-state index contributed by atoms with van der Waals surface area (Å²) in [5.41, 5.74) is 0.696. The van der Waals surface area contributed by atoms with E-state index >= 15 is 0 Å². The highest BCUT2D eigenvalue weighted by molar-refractivity contribution is 7.99. The van der Waals surface area contributed by atoms with E-state index in [1.807, 2.05) is 25.1 Å². The van der Waals surface area contributed by atoms with E-state index in [1.165, 1.54) is 11.9 Å². The number of thioether (sulfide) groups is 1. The molecule has 0 unspecified atom stereocenters. The number of nitrogens with zero attached hydrogens (tertiary/aromatic N) is 2. The zero-order chi connectivity index (χ0) is 15.4. The van der Waals surface area contributed by atoms with E-state index in [1.54, 1.807) is 17.8 Å². The number of hydrogen-bond donors (Lipinski definition) is 1. The van der Waals surface area contributed by atoms with Crippen LogP contribution in [0.4, 0.5) is 10.5 Å². The van der Waals surface area contributed by atoms with Crippen molar-refractivity contribution in [2.24, 2.45) is 0 Å². The van der Waals surface area contributed by atoms with Gasteiger partial charge in [0.05, 0.1) is 5.69 Å². The van der Waals surface area contributed by atoms with Crippen LogP contribution < -0.4 is 5.32 Å². The van der Waals surface area contributed by atoms with Gasteiger partial charge >= 0.3 is 6.03 Å². The van der Waals surface area contributed by atoms with Crippen molar-refractivity contribution < 1.29 is 14.4 Å². The Morgan fingerprint density at radius 3 is 2.67 bits per heavy atom. The fourth-order valence-corrected chi connectivity index (χ4v) is 2.77. The fraction of sp³-hybridized carbons (Fsp3) is 0.357. The van der Waals surface area contributed by atoms with Crippen LogP contribution in [-0.4, -0.2) is 53.5 Å². The number of nitrogens with one attached hydrogen (secondary N) is 1. The molecular weight excluding hydrogens is 290 g/mol. The molecule has 1 aliphatic rings. The van der Waals surface area contributed by atoms with Crippen LogP contribution in [0.15, 0.2) is 29.2 Å². The molecule has 4 amide bonds. The van der Waals surface area contributed by atoms with Crippen molar-refractivity contribution in [2.75, 3.05) is 31.2 Å². The number of imide groups is 1. The maximum atomic E-state index is 12.0. The van der Waals surface area contributed by atoms with Gasteiger partial charge in [0.15, 0.2) is 0 Å². The molecule has 1 aliphatic heterocycles. The second kappa shape index (κ2) is 6.62. The molecule has 1 saturated heterocycles. The largest absolute Gasteiger partial charge is 0.327 e. The van der Waals surface area contributed by atoms with Gasteiger partial charge in [-0.25, -0.2) is 4.79 Å². The van der Waals surface area contributed by atoms with Crippen LogP contribution in [0.25, 0.3) is 0 Å². The quantitative estimate of drug-likeness (QED) is 0.663. The number of benzene rings is 1. The highest BCUT2D eigenvalue weighted by atomic mass is 32.2. The van der Waals surface area contributed by atoms with Gasteiger partial charge in [-0.15, -0.1) is 11.8 Å². The van der Waals surface area contributed by atoms with E-state index in [2.05, 4.69) is 5.32 Å². The first-order chi connectivity index (χ1) is 10.0. The maximum absolute atomic E-state index is 12.0. The zero-order valence-electron chi connectivity index (χ0n) is 12.0. The van der Waals surface area contributed by atoms with Crippen LogP contribution >= 0.6 is 11.8 Å². The fourth-order valence-electron chi connectivity index (χ4n) is 2.01. The van der Waals surface area contributed by atoms with Crippen LogP contribution in [0, 0.1) is 0 Å². The third kappa shape index (κ3) is 3.55. The average Bonchev–Trinajstić information content (AvgIpc) is 2.68. The molecule has 6 nitrogen and oxygen atoms in total. The second-order valence-corrected chi connectivity index (χ2v) is 5.90. The maximum Gasteiger partial charge on any atom is 0.327 e. The van der Waals surface area contributed by atoms with Crippen LogP contribution in [-0.2, 0) is 9.59 Å². The summed E-state index contributed by atoms with van der Waals surface area (Å²) in [6, 6.07) is 7.01. The molecule has 1 aromatic carbocycles. The van der Waals surface area contributed by atoms with E-state index in [4.69, 9.17) is 0 Å². The second-order valence-electron chi connectivity index (χ2n) is 4.60. The predicted octanol–water partition coefficient (Wildman–Crippen LogP) is 1.63. The molecule has 21 heavy (non-hydrogen) atoms. The van der Waals surface area contributed by atoms with E-state index < -0.39 is 6.03 Å². The molecule has 0 atom stereocenters. The van der Waals surface area contributed by atoms with E-state index in [-0.39, 0.29) is 24.9 Å². The molecule has 1 heterocycles. The number of carbonyl (C=O) groups excluding carboxylic acids is 3. The van der Waals surface area contributed by atoms with Crippen molar-refractivity contribution in [1.29, 1.82) is 0 Å². The highest BCUT2D eigenvalue weighted by Crippen LogP contribution is 2.26. The lowest BCUT2D eigenvalue weighted by Crippen LogP contribution is -2.38. The minimum atomic E-state index is -0.439. The molecule has 0 saturated carbocycles. The lowest BCUT2D eigenvalue weighted by molar-refractivity contribution is -0.129. The molecule has 0 aromatic heterocycles. The number of para-hydroxylation sites is 1. The lowest BCUT2D eigenvalue weighted by atomic mass is 10.3. The number of amides is 4. The minimum Gasteiger partial charge on any atom is -0.324 e. The van der Waals surface area contributed by atoms with Gasteiger partial charge in [0, 0.05) is 11.9 Å². The Hall–Kier alpha value is -2.02. The van der Waals surface area contributed by atoms with Crippen molar-refractivity contribution >= 4 is 35.3 Å². The molecule has 1 N–H and O–H groups in total. The summed E-state index contributed by atoms with van der Waals surface area (Å²) in [7, 11) is 1.53. The number of carbonyl (C=O) groups is 3. The third-order valence-electron chi connectivity index (χ3n) is 2.99. The molecule has 0 bridgehead atoms.